The van der Waals surface area contributed by atoms with E-state index in [4.69, 9.17) is 21.1 Å². The van der Waals surface area contributed by atoms with Gasteiger partial charge in [0.05, 0.1) is 24.7 Å². The van der Waals surface area contributed by atoms with Crippen molar-refractivity contribution >= 4 is 23.3 Å². The van der Waals surface area contributed by atoms with Crippen LogP contribution in [-0.4, -0.2) is 19.2 Å². The summed E-state index contributed by atoms with van der Waals surface area (Å²) in [5, 5.41) is 0.638. The quantitative estimate of drug-likeness (QED) is 0.779. The third-order valence-electron chi connectivity index (χ3n) is 3.77. The van der Waals surface area contributed by atoms with Crippen molar-refractivity contribution in [3.63, 3.8) is 0 Å². The molecule has 1 unspecified atom stereocenters. The molecule has 1 aliphatic rings. The molecule has 3 rings (SSSR count). The minimum Gasteiger partial charge on any atom is -0.491 e. The second kappa shape index (κ2) is 6.88. The SMILES string of the molecule is CCOC(=O)C1=C(c2ccccc2)OCC1c1cccc(Cl)c1. The van der Waals surface area contributed by atoms with Crippen LogP contribution in [0.25, 0.3) is 5.76 Å². The molecule has 1 heterocycles. The molecule has 0 amide bonds. The molecule has 0 N–H and O–H groups in total. The molecular weight excluding hydrogens is 312 g/mol. The first-order valence-corrected chi connectivity index (χ1v) is 7.93. The fourth-order valence-corrected chi connectivity index (χ4v) is 2.94. The number of carbonyl (C=O) groups is 1. The van der Waals surface area contributed by atoms with Crippen molar-refractivity contribution in [2.75, 3.05) is 13.2 Å². The second-order valence-electron chi connectivity index (χ2n) is 5.25. The number of carbonyl (C=O) groups excluding carboxylic acids is 1. The Labute approximate surface area is 140 Å². The summed E-state index contributed by atoms with van der Waals surface area (Å²) in [7, 11) is 0. The molecular formula is C19H17ClO3. The van der Waals surface area contributed by atoms with Crippen molar-refractivity contribution in [2.45, 2.75) is 12.8 Å². The van der Waals surface area contributed by atoms with Crippen LogP contribution in [0.15, 0.2) is 60.2 Å². The van der Waals surface area contributed by atoms with Crippen LogP contribution in [0, 0.1) is 0 Å². The molecule has 0 aromatic heterocycles. The highest BCUT2D eigenvalue weighted by Crippen LogP contribution is 2.39. The maximum absolute atomic E-state index is 12.5. The Morgan fingerprint density at radius 2 is 2.00 bits per heavy atom. The number of rotatable bonds is 4. The monoisotopic (exact) mass is 328 g/mol. The van der Waals surface area contributed by atoms with Gasteiger partial charge in [-0.2, -0.15) is 0 Å². The smallest absolute Gasteiger partial charge is 0.338 e. The number of hydrogen-bond donors (Lipinski definition) is 0. The van der Waals surface area contributed by atoms with Gasteiger partial charge in [0.2, 0.25) is 0 Å². The Bertz CT molecular complexity index is 737. The van der Waals surface area contributed by atoms with E-state index < -0.39 is 0 Å². The molecule has 2 aromatic rings. The third kappa shape index (κ3) is 3.25. The van der Waals surface area contributed by atoms with Gasteiger partial charge in [0, 0.05) is 10.6 Å². The zero-order chi connectivity index (χ0) is 16.2. The molecule has 3 nitrogen and oxygen atoms in total. The molecule has 1 aliphatic heterocycles. The molecule has 23 heavy (non-hydrogen) atoms. The van der Waals surface area contributed by atoms with Crippen molar-refractivity contribution in [1.82, 2.24) is 0 Å². The topological polar surface area (TPSA) is 35.5 Å². The van der Waals surface area contributed by atoms with Crippen LogP contribution < -0.4 is 0 Å². The molecule has 1 atom stereocenters. The zero-order valence-corrected chi connectivity index (χ0v) is 13.5. The molecule has 0 saturated heterocycles. The Balaban J connectivity index is 2.07. The van der Waals surface area contributed by atoms with Gasteiger partial charge in [-0.1, -0.05) is 54.1 Å². The molecule has 0 fully saturated rings. The van der Waals surface area contributed by atoms with Gasteiger partial charge in [0.1, 0.15) is 5.76 Å². The first-order valence-electron chi connectivity index (χ1n) is 7.55. The molecule has 0 spiro atoms. The summed E-state index contributed by atoms with van der Waals surface area (Å²) in [6.07, 6.45) is 0. The van der Waals surface area contributed by atoms with E-state index in [1.54, 1.807) is 6.92 Å². The van der Waals surface area contributed by atoms with Crippen LogP contribution >= 0.6 is 11.6 Å². The summed E-state index contributed by atoms with van der Waals surface area (Å²) in [5.41, 5.74) is 2.38. The maximum atomic E-state index is 12.5. The minimum atomic E-state index is -0.339. The average molecular weight is 329 g/mol. The van der Waals surface area contributed by atoms with Gasteiger partial charge in [0.25, 0.3) is 0 Å². The predicted molar refractivity (Wildman–Crippen MR) is 90.1 cm³/mol. The van der Waals surface area contributed by atoms with Gasteiger partial charge in [0.15, 0.2) is 0 Å². The maximum Gasteiger partial charge on any atom is 0.338 e. The molecule has 0 aliphatic carbocycles. The van der Waals surface area contributed by atoms with Gasteiger partial charge >= 0.3 is 5.97 Å². The van der Waals surface area contributed by atoms with Crippen LogP contribution in [0.5, 0.6) is 0 Å². The minimum absolute atomic E-state index is 0.178. The highest BCUT2D eigenvalue weighted by Gasteiger charge is 2.35. The van der Waals surface area contributed by atoms with E-state index in [2.05, 4.69) is 0 Å². The summed E-state index contributed by atoms with van der Waals surface area (Å²) in [5.74, 6) is 0.0748. The molecule has 118 valence electrons. The van der Waals surface area contributed by atoms with Crippen molar-refractivity contribution < 1.29 is 14.3 Å². The van der Waals surface area contributed by atoms with Crippen LogP contribution in [0.1, 0.15) is 24.0 Å². The van der Waals surface area contributed by atoms with Crippen molar-refractivity contribution in [1.29, 1.82) is 0 Å². The number of ether oxygens (including phenoxy) is 2. The fourth-order valence-electron chi connectivity index (χ4n) is 2.74. The number of halogens is 1. The van der Waals surface area contributed by atoms with E-state index >= 15 is 0 Å². The Hall–Kier alpha value is -2.26. The van der Waals surface area contributed by atoms with Gasteiger partial charge in [-0.15, -0.1) is 0 Å². The standard InChI is InChI=1S/C19H17ClO3/c1-2-22-19(21)17-16(14-9-6-10-15(20)11-14)12-23-18(17)13-7-4-3-5-8-13/h3-11,16H,2,12H2,1H3. The van der Waals surface area contributed by atoms with Crippen molar-refractivity contribution in [2.24, 2.45) is 0 Å². The summed E-state index contributed by atoms with van der Waals surface area (Å²) in [4.78, 5) is 12.5. The largest absolute Gasteiger partial charge is 0.491 e. The van der Waals surface area contributed by atoms with Gasteiger partial charge in [-0.05, 0) is 24.6 Å². The van der Waals surface area contributed by atoms with E-state index in [9.17, 15) is 4.79 Å². The fraction of sp³-hybridized carbons (Fsp3) is 0.211. The van der Waals surface area contributed by atoms with E-state index in [1.807, 2.05) is 54.6 Å². The van der Waals surface area contributed by atoms with Crippen molar-refractivity contribution in [3.8, 4) is 0 Å². The van der Waals surface area contributed by atoms with E-state index in [1.165, 1.54) is 0 Å². The Kier molecular flexibility index (Phi) is 4.68. The normalized spacial score (nSPS) is 17.0. The first kappa shape index (κ1) is 15.6. The zero-order valence-electron chi connectivity index (χ0n) is 12.8. The van der Waals surface area contributed by atoms with Gasteiger partial charge in [-0.3, -0.25) is 0 Å². The Morgan fingerprint density at radius 1 is 1.22 bits per heavy atom. The van der Waals surface area contributed by atoms with E-state index in [-0.39, 0.29) is 11.9 Å². The lowest BCUT2D eigenvalue weighted by molar-refractivity contribution is -0.138. The number of hydrogen-bond acceptors (Lipinski definition) is 3. The second-order valence-corrected chi connectivity index (χ2v) is 5.68. The molecule has 4 heteroatoms. The summed E-state index contributed by atoms with van der Waals surface area (Å²) in [6, 6.07) is 17.1. The number of esters is 1. The van der Waals surface area contributed by atoms with Crippen LogP contribution in [-0.2, 0) is 14.3 Å². The molecule has 0 radical (unpaired) electrons. The van der Waals surface area contributed by atoms with Gasteiger partial charge in [-0.25, -0.2) is 4.79 Å². The van der Waals surface area contributed by atoms with Crippen molar-refractivity contribution in [3.05, 3.63) is 76.3 Å². The lowest BCUT2D eigenvalue weighted by Gasteiger charge is -2.12. The summed E-state index contributed by atoms with van der Waals surface area (Å²) >= 11 is 6.09. The summed E-state index contributed by atoms with van der Waals surface area (Å²) in [6.45, 7) is 2.52. The highest BCUT2D eigenvalue weighted by atomic mass is 35.5. The molecule has 0 bridgehead atoms. The van der Waals surface area contributed by atoms with Crippen LogP contribution in [0.3, 0.4) is 0 Å². The predicted octanol–water partition coefficient (Wildman–Crippen LogP) is 4.43. The first-order chi connectivity index (χ1) is 11.2. The van der Waals surface area contributed by atoms with E-state index in [0.29, 0.717) is 29.6 Å². The van der Waals surface area contributed by atoms with Gasteiger partial charge < -0.3 is 9.47 Å². The molecule has 0 saturated carbocycles. The van der Waals surface area contributed by atoms with Crippen LogP contribution in [0.2, 0.25) is 5.02 Å². The number of benzene rings is 2. The lowest BCUT2D eigenvalue weighted by Crippen LogP contribution is -2.14. The molecule has 2 aromatic carbocycles. The van der Waals surface area contributed by atoms with Crippen LogP contribution in [0.4, 0.5) is 0 Å². The average Bonchev–Trinajstić information content (AvgIpc) is 3.01. The van der Waals surface area contributed by atoms with E-state index in [0.717, 1.165) is 11.1 Å². The lowest BCUT2D eigenvalue weighted by atomic mass is 9.91. The summed E-state index contributed by atoms with van der Waals surface area (Å²) < 4.78 is 11.1. The Morgan fingerprint density at radius 3 is 2.70 bits per heavy atom. The third-order valence-corrected chi connectivity index (χ3v) is 4.00. The highest BCUT2D eigenvalue weighted by molar-refractivity contribution is 6.30.